The Kier molecular flexibility index (Phi) is 2.95. The first-order valence-corrected chi connectivity index (χ1v) is 6.99. The highest BCUT2D eigenvalue weighted by Gasteiger charge is 2.32. The monoisotopic (exact) mass is 233 g/mol. The van der Waals surface area contributed by atoms with E-state index in [0.717, 1.165) is 19.0 Å². The molecule has 3 rings (SSSR count). The standard InChI is InChI=1S/C14H23N3/c1-14(5-7-15-8-6-14)13-10-16-11-17(13)9-4-12-2-3-12/h10-12,15H,2-9H2,1H3. The van der Waals surface area contributed by atoms with Crippen molar-refractivity contribution < 1.29 is 0 Å². The Balaban J connectivity index is 1.73. The molecule has 0 unspecified atom stereocenters. The zero-order chi connectivity index (χ0) is 11.7. The third kappa shape index (κ3) is 2.39. The van der Waals surface area contributed by atoms with Gasteiger partial charge in [0.05, 0.1) is 6.33 Å². The van der Waals surface area contributed by atoms with Crippen molar-refractivity contribution in [1.29, 1.82) is 0 Å². The van der Waals surface area contributed by atoms with Crippen molar-refractivity contribution in [2.75, 3.05) is 13.1 Å². The lowest BCUT2D eigenvalue weighted by atomic mass is 9.78. The summed E-state index contributed by atoms with van der Waals surface area (Å²) in [7, 11) is 0. The molecule has 1 aromatic heterocycles. The van der Waals surface area contributed by atoms with Gasteiger partial charge in [-0.05, 0) is 38.3 Å². The largest absolute Gasteiger partial charge is 0.334 e. The average molecular weight is 233 g/mol. The van der Waals surface area contributed by atoms with Crippen LogP contribution in [0.25, 0.3) is 0 Å². The van der Waals surface area contributed by atoms with E-state index >= 15 is 0 Å². The number of aromatic nitrogens is 2. The predicted octanol–water partition coefficient (Wildman–Crippen LogP) is 2.32. The van der Waals surface area contributed by atoms with Gasteiger partial charge >= 0.3 is 0 Å². The van der Waals surface area contributed by atoms with E-state index in [4.69, 9.17) is 0 Å². The van der Waals surface area contributed by atoms with Gasteiger partial charge in [0.1, 0.15) is 0 Å². The van der Waals surface area contributed by atoms with Crippen LogP contribution in [-0.2, 0) is 12.0 Å². The van der Waals surface area contributed by atoms with E-state index in [2.05, 4.69) is 28.0 Å². The van der Waals surface area contributed by atoms with Crippen LogP contribution in [0.3, 0.4) is 0 Å². The maximum Gasteiger partial charge on any atom is 0.0948 e. The molecule has 3 heteroatoms. The molecule has 2 aliphatic rings. The van der Waals surface area contributed by atoms with E-state index < -0.39 is 0 Å². The number of piperidine rings is 1. The highest BCUT2D eigenvalue weighted by molar-refractivity contribution is 5.15. The quantitative estimate of drug-likeness (QED) is 0.865. The van der Waals surface area contributed by atoms with Crippen molar-refractivity contribution in [3.05, 3.63) is 18.2 Å². The first-order valence-electron chi connectivity index (χ1n) is 6.99. The van der Waals surface area contributed by atoms with Crippen LogP contribution in [0.15, 0.2) is 12.5 Å². The van der Waals surface area contributed by atoms with Gasteiger partial charge in [-0.1, -0.05) is 19.8 Å². The van der Waals surface area contributed by atoms with Crippen LogP contribution in [0, 0.1) is 5.92 Å². The van der Waals surface area contributed by atoms with Crippen molar-refractivity contribution in [3.8, 4) is 0 Å². The van der Waals surface area contributed by atoms with Crippen LogP contribution in [-0.4, -0.2) is 22.6 Å². The van der Waals surface area contributed by atoms with Crippen LogP contribution in [0.2, 0.25) is 0 Å². The number of hydrogen-bond donors (Lipinski definition) is 1. The van der Waals surface area contributed by atoms with E-state index in [0.29, 0.717) is 5.41 Å². The topological polar surface area (TPSA) is 29.9 Å². The zero-order valence-corrected chi connectivity index (χ0v) is 10.8. The van der Waals surface area contributed by atoms with E-state index in [1.807, 2.05) is 6.33 Å². The fourth-order valence-electron chi connectivity index (χ4n) is 2.96. The Morgan fingerprint density at radius 3 is 2.88 bits per heavy atom. The van der Waals surface area contributed by atoms with E-state index in [9.17, 15) is 0 Å². The average Bonchev–Trinajstić information content (AvgIpc) is 3.04. The molecule has 1 saturated carbocycles. The molecule has 0 atom stereocenters. The molecular formula is C14H23N3. The second-order valence-electron chi connectivity index (χ2n) is 6.01. The lowest BCUT2D eigenvalue weighted by Crippen LogP contribution is -2.39. The molecule has 1 saturated heterocycles. The minimum absolute atomic E-state index is 0.339. The van der Waals surface area contributed by atoms with Gasteiger partial charge in [-0.15, -0.1) is 0 Å². The molecule has 17 heavy (non-hydrogen) atoms. The predicted molar refractivity (Wildman–Crippen MR) is 69.0 cm³/mol. The lowest BCUT2D eigenvalue weighted by Gasteiger charge is -2.34. The minimum atomic E-state index is 0.339. The van der Waals surface area contributed by atoms with Crippen molar-refractivity contribution in [2.24, 2.45) is 5.92 Å². The van der Waals surface area contributed by atoms with Crippen molar-refractivity contribution in [3.63, 3.8) is 0 Å². The van der Waals surface area contributed by atoms with Crippen LogP contribution in [0.4, 0.5) is 0 Å². The SMILES string of the molecule is CC1(c2cncn2CCC2CC2)CCNCC1. The minimum Gasteiger partial charge on any atom is -0.334 e. The van der Waals surface area contributed by atoms with E-state index in [1.54, 1.807) is 0 Å². The number of nitrogens with zero attached hydrogens (tertiary/aromatic N) is 2. The fourth-order valence-corrected chi connectivity index (χ4v) is 2.96. The van der Waals surface area contributed by atoms with Gasteiger partial charge < -0.3 is 9.88 Å². The fraction of sp³-hybridized carbons (Fsp3) is 0.786. The number of imidazole rings is 1. The van der Waals surface area contributed by atoms with Gasteiger partial charge in [0.2, 0.25) is 0 Å². The Hall–Kier alpha value is -0.830. The summed E-state index contributed by atoms with van der Waals surface area (Å²) in [6, 6.07) is 0. The maximum absolute atomic E-state index is 4.38. The summed E-state index contributed by atoms with van der Waals surface area (Å²) in [5.41, 5.74) is 1.80. The molecule has 1 aromatic rings. The maximum atomic E-state index is 4.38. The molecule has 2 fully saturated rings. The number of nitrogens with one attached hydrogen (secondary N) is 1. The smallest absolute Gasteiger partial charge is 0.0948 e. The van der Waals surface area contributed by atoms with Crippen LogP contribution < -0.4 is 5.32 Å². The van der Waals surface area contributed by atoms with Gasteiger partial charge in [0, 0.05) is 23.9 Å². The zero-order valence-electron chi connectivity index (χ0n) is 10.8. The molecule has 1 N–H and O–H groups in total. The highest BCUT2D eigenvalue weighted by Crippen LogP contribution is 2.35. The van der Waals surface area contributed by atoms with Gasteiger partial charge in [-0.25, -0.2) is 4.98 Å². The number of rotatable bonds is 4. The van der Waals surface area contributed by atoms with Gasteiger partial charge in [0.15, 0.2) is 0 Å². The molecular weight excluding hydrogens is 210 g/mol. The molecule has 2 heterocycles. The summed E-state index contributed by atoms with van der Waals surface area (Å²) in [6.45, 7) is 5.86. The summed E-state index contributed by atoms with van der Waals surface area (Å²) in [4.78, 5) is 4.38. The third-order valence-corrected chi connectivity index (χ3v) is 4.51. The second kappa shape index (κ2) is 4.45. The summed E-state index contributed by atoms with van der Waals surface area (Å²) in [6.07, 6.45) is 10.8. The summed E-state index contributed by atoms with van der Waals surface area (Å²) in [5.74, 6) is 1.01. The van der Waals surface area contributed by atoms with Crippen LogP contribution in [0.5, 0.6) is 0 Å². The third-order valence-electron chi connectivity index (χ3n) is 4.51. The van der Waals surface area contributed by atoms with Crippen molar-refractivity contribution >= 4 is 0 Å². The van der Waals surface area contributed by atoms with Gasteiger partial charge in [0.25, 0.3) is 0 Å². The normalized spacial score (nSPS) is 23.8. The van der Waals surface area contributed by atoms with Crippen molar-refractivity contribution in [1.82, 2.24) is 14.9 Å². The number of hydrogen-bond acceptors (Lipinski definition) is 2. The lowest BCUT2D eigenvalue weighted by molar-refractivity contribution is 0.315. The highest BCUT2D eigenvalue weighted by atomic mass is 15.1. The molecule has 0 bridgehead atoms. The molecule has 94 valence electrons. The Morgan fingerprint density at radius 1 is 1.41 bits per heavy atom. The Morgan fingerprint density at radius 2 is 2.18 bits per heavy atom. The molecule has 1 aliphatic carbocycles. The summed E-state index contributed by atoms with van der Waals surface area (Å²) in [5, 5.41) is 3.45. The number of aryl methyl sites for hydroxylation is 1. The summed E-state index contributed by atoms with van der Waals surface area (Å²) >= 11 is 0. The van der Waals surface area contributed by atoms with Gasteiger partial charge in [-0.2, -0.15) is 0 Å². The molecule has 3 nitrogen and oxygen atoms in total. The van der Waals surface area contributed by atoms with E-state index in [1.165, 1.54) is 44.3 Å². The molecule has 0 spiro atoms. The first-order chi connectivity index (χ1) is 8.28. The molecule has 0 radical (unpaired) electrons. The molecule has 0 aromatic carbocycles. The second-order valence-corrected chi connectivity index (χ2v) is 6.01. The van der Waals surface area contributed by atoms with Crippen molar-refractivity contribution in [2.45, 2.75) is 51.0 Å². The summed E-state index contributed by atoms with van der Waals surface area (Å²) < 4.78 is 2.41. The Labute approximate surface area is 104 Å². The first kappa shape index (κ1) is 11.3. The van der Waals surface area contributed by atoms with Crippen LogP contribution >= 0.6 is 0 Å². The molecule has 1 aliphatic heterocycles. The van der Waals surface area contributed by atoms with Crippen LogP contribution in [0.1, 0.15) is 44.7 Å². The van der Waals surface area contributed by atoms with E-state index in [-0.39, 0.29) is 0 Å². The Bertz CT molecular complexity index is 373. The van der Waals surface area contributed by atoms with Gasteiger partial charge in [-0.3, -0.25) is 0 Å². The molecule has 0 amide bonds.